The quantitative estimate of drug-likeness (QED) is 0.639. The molecule has 0 saturated heterocycles. The molecule has 1 aliphatic carbocycles. The highest BCUT2D eigenvalue weighted by molar-refractivity contribution is 5.72. The highest BCUT2D eigenvalue weighted by atomic mass is 16.1. The predicted octanol–water partition coefficient (Wildman–Crippen LogP) is 0.640. The molecule has 70 valence electrons. The van der Waals surface area contributed by atoms with Gasteiger partial charge in [0.1, 0.15) is 0 Å². The van der Waals surface area contributed by atoms with Crippen molar-refractivity contribution in [1.82, 2.24) is 5.32 Å². The lowest BCUT2D eigenvalue weighted by molar-refractivity contribution is -0.119. The van der Waals surface area contributed by atoms with Crippen LogP contribution in [0.15, 0.2) is 0 Å². The summed E-state index contributed by atoms with van der Waals surface area (Å²) in [6.45, 7) is 2.40. The van der Waals surface area contributed by atoms with Crippen molar-refractivity contribution in [3.05, 3.63) is 0 Å². The van der Waals surface area contributed by atoms with E-state index >= 15 is 0 Å². The molecule has 0 heterocycles. The van der Waals surface area contributed by atoms with Gasteiger partial charge in [-0.2, -0.15) is 0 Å². The Kier molecular flexibility index (Phi) is 3.53. The lowest BCUT2D eigenvalue weighted by Gasteiger charge is -2.25. The van der Waals surface area contributed by atoms with Gasteiger partial charge in [0, 0.05) is 19.5 Å². The molecular formula is C9H18N2O. The molecule has 0 aromatic rings. The van der Waals surface area contributed by atoms with Crippen molar-refractivity contribution >= 4 is 5.91 Å². The standard InChI is InChI=1S/C9H18N2O/c1-7(12)11-6-8-2-4-9(10)5-3-8/h8-9H,2-6,10H2,1H3,(H,11,12). The number of nitrogens with two attached hydrogens (primary N) is 1. The van der Waals surface area contributed by atoms with Gasteiger partial charge in [-0.1, -0.05) is 0 Å². The zero-order chi connectivity index (χ0) is 8.97. The zero-order valence-electron chi connectivity index (χ0n) is 7.68. The third-order valence-electron chi connectivity index (χ3n) is 2.53. The summed E-state index contributed by atoms with van der Waals surface area (Å²) in [7, 11) is 0. The summed E-state index contributed by atoms with van der Waals surface area (Å²) in [5.74, 6) is 0.735. The van der Waals surface area contributed by atoms with E-state index in [2.05, 4.69) is 5.32 Å². The molecule has 0 aromatic heterocycles. The Balaban J connectivity index is 2.13. The average molecular weight is 170 g/mol. The molecule has 0 aromatic carbocycles. The molecule has 0 spiro atoms. The molecular weight excluding hydrogens is 152 g/mol. The van der Waals surface area contributed by atoms with Crippen LogP contribution in [0.5, 0.6) is 0 Å². The summed E-state index contributed by atoms with van der Waals surface area (Å²) < 4.78 is 0. The molecule has 0 unspecified atom stereocenters. The maximum absolute atomic E-state index is 10.6. The van der Waals surface area contributed by atoms with E-state index in [0.29, 0.717) is 12.0 Å². The Morgan fingerprint density at radius 3 is 2.50 bits per heavy atom. The summed E-state index contributed by atoms with van der Waals surface area (Å²) in [6, 6.07) is 0.401. The number of hydrogen-bond acceptors (Lipinski definition) is 2. The number of amides is 1. The van der Waals surface area contributed by atoms with E-state index in [1.807, 2.05) is 0 Å². The first-order valence-corrected chi connectivity index (χ1v) is 4.68. The SMILES string of the molecule is CC(=O)NCC1CCC(N)CC1. The minimum absolute atomic E-state index is 0.0740. The van der Waals surface area contributed by atoms with Crippen LogP contribution in [0.1, 0.15) is 32.6 Å². The number of carbonyl (C=O) groups excluding carboxylic acids is 1. The Morgan fingerprint density at radius 1 is 1.42 bits per heavy atom. The predicted molar refractivity (Wildman–Crippen MR) is 48.6 cm³/mol. The molecule has 3 heteroatoms. The van der Waals surface area contributed by atoms with Gasteiger partial charge in [-0.05, 0) is 31.6 Å². The van der Waals surface area contributed by atoms with E-state index in [0.717, 1.165) is 19.4 Å². The van der Waals surface area contributed by atoms with Gasteiger partial charge in [-0.25, -0.2) is 0 Å². The minimum atomic E-state index is 0.0740. The van der Waals surface area contributed by atoms with Gasteiger partial charge < -0.3 is 11.1 Å². The summed E-state index contributed by atoms with van der Waals surface area (Å²) in [5.41, 5.74) is 5.77. The summed E-state index contributed by atoms with van der Waals surface area (Å²) in [5, 5.41) is 2.85. The van der Waals surface area contributed by atoms with Gasteiger partial charge in [-0.15, -0.1) is 0 Å². The van der Waals surface area contributed by atoms with Crippen LogP contribution in [0.3, 0.4) is 0 Å². The van der Waals surface area contributed by atoms with E-state index in [-0.39, 0.29) is 5.91 Å². The van der Waals surface area contributed by atoms with Crippen molar-refractivity contribution < 1.29 is 4.79 Å². The second-order valence-electron chi connectivity index (χ2n) is 3.72. The maximum Gasteiger partial charge on any atom is 0.216 e. The zero-order valence-corrected chi connectivity index (χ0v) is 7.68. The Labute approximate surface area is 73.7 Å². The lowest BCUT2D eigenvalue weighted by Crippen LogP contribution is -2.33. The van der Waals surface area contributed by atoms with Crippen LogP contribution in [0.2, 0.25) is 0 Å². The smallest absolute Gasteiger partial charge is 0.216 e. The van der Waals surface area contributed by atoms with Crippen LogP contribution in [0.4, 0.5) is 0 Å². The number of hydrogen-bond donors (Lipinski definition) is 2. The van der Waals surface area contributed by atoms with Crippen molar-refractivity contribution in [2.24, 2.45) is 11.7 Å². The molecule has 0 bridgehead atoms. The minimum Gasteiger partial charge on any atom is -0.356 e. The lowest BCUT2D eigenvalue weighted by atomic mass is 9.86. The summed E-state index contributed by atoms with van der Waals surface area (Å²) in [4.78, 5) is 10.6. The average Bonchev–Trinajstić information content (AvgIpc) is 2.03. The first-order valence-electron chi connectivity index (χ1n) is 4.68. The molecule has 0 radical (unpaired) electrons. The van der Waals surface area contributed by atoms with Crippen LogP contribution in [-0.4, -0.2) is 18.5 Å². The van der Waals surface area contributed by atoms with Crippen LogP contribution in [0.25, 0.3) is 0 Å². The topological polar surface area (TPSA) is 55.1 Å². The fourth-order valence-electron chi connectivity index (χ4n) is 1.68. The van der Waals surface area contributed by atoms with Gasteiger partial charge in [0.15, 0.2) is 0 Å². The van der Waals surface area contributed by atoms with E-state index in [4.69, 9.17) is 5.73 Å². The highest BCUT2D eigenvalue weighted by Crippen LogP contribution is 2.22. The van der Waals surface area contributed by atoms with Crippen molar-refractivity contribution in [3.8, 4) is 0 Å². The Bertz CT molecular complexity index is 151. The molecule has 0 aliphatic heterocycles. The van der Waals surface area contributed by atoms with E-state index in [9.17, 15) is 4.79 Å². The fraction of sp³-hybridized carbons (Fsp3) is 0.889. The molecule has 0 atom stereocenters. The third kappa shape index (κ3) is 3.22. The third-order valence-corrected chi connectivity index (χ3v) is 2.53. The Morgan fingerprint density at radius 2 is 2.00 bits per heavy atom. The molecule has 1 amide bonds. The van der Waals surface area contributed by atoms with Gasteiger partial charge in [0.05, 0.1) is 0 Å². The first-order chi connectivity index (χ1) is 5.68. The van der Waals surface area contributed by atoms with Crippen molar-refractivity contribution in [2.45, 2.75) is 38.6 Å². The maximum atomic E-state index is 10.6. The van der Waals surface area contributed by atoms with Crippen LogP contribution >= 0.6 is 0 Å². The number of rotatable bonds is 2. The number of carbonyl (C=O) groups is 1. The molecule has 3 N–H and O–H groups in total. The van der Waals surface area contributed by atoms with Gasteiger partial charge in [0.25, 0.3) is 0 Å². The van der Waals surface area contributed by atoms with Gasteiger partial charge in [-0.3, -0.25) is 4.79 Å². The van der Waals surface area contributed by atoms with Crippen molar-refractivity contribution in [1.29, 1.82) is 0 Å². The second kappa shape index (κ2) is 4.45. The largest absolute Gasteiger partial charge is 0.356 e. The van der Waals surface area contributed by atoms with E-state index < -0.39 is 0 Å². The van der Waals surface area contributed by atoms with Crippen LogP contribution < -0.4 is 11.1 Å². The van der Waals surface area contributed by atoms with E-state index in [1.165, 1.54) is 12.8 Å². The van der Waals surface area contributed by atoms with Gasteiger partial charge >= 0.3 is 0 Å². The van der Waals surface area contributed by atoms with Crippen LogP contribution in [-0.2, 0) is 4.79 Å². The Hall–Kier alpha value is -0.570. The van der Waals surface area contributed by atoms with Crippen molar-refractivity contribution in [2.75, 3.05) is 6.54 Å². The highest BCUT2D eigenvalue weighted by Gasteiger charge is 2.17. The summed E-state index contributed by atoms with van der Waals surface area (Å²) >= 11 is 0. The van der Waals surface area contributed by atoms with E-state index in [1.54, 1.807) is 6.92 Å². The van der Waals surface area contributed by atoms with Crippen molar-refractivity contribution in [3.63, 3.8) is 0 Å². The van der Waals surface area contributed by atoms with Gasteiger partial charge in [0.2, 0.25) is 5.91 Å². The van der Waals surface area contributed by atoms with Crippen LogP contribution in [0, 0.1) is 5.92 Å². The first kappa shape index (κ1) is 9.52. The normalized spacial score (nSPS) is 29.8. The molecule has 3 nitrogen and oxygen atoms in total. The monoisotopic (exact) mass is 170 g/mol. The molecule has 1 fully saturated rings. The molecule has 1 saturated carbocycles. The fourth-order valence-corrected chi connectivity index (χ4v) is 1.68. The summed E-state index contributed by atoms with van der Waals surface area (Å²) in [6.07, 6.45) is 4.57. The number of nitrogens with one attached hydrogen (secondary N) is 1. The second-order valence-corrected chi connectivity index (χ2v) is 3.72. The molecule has 1 rings (SSSR count). The molecule has 12 heavy (non-hydrogen) atoms. The molecule has 1 aliphatic rings.